The van der Waals surface area contributed by atoms with Gasteiger partial charge in [-0.15, -0.1) is 0 Å². The first-order chi connectivity index (χ1) is 5.77. The van der Waals surface area contributed by atoms with Crippen molar-refractivity contribution >= 4 is 24.9 Å². The maximum atomic E-state index is 11.3. The minimum atomic E-state index is -0.297. The number of hydrogen-bond donors (Lipinski definition) is 1. The molecule has 4 heteroatoms. The van der Waals surface area contributed by atoms with Crippen molar-refractivity contribution in [3.05, 3.63) is 0 Å². The summed E-state index contributed by atoms with van der Waals surface area (Å²) >= 11 is 0. The predicted octanol–water partition coefficient (Wildman–Crippen LogP) is 1.46. The molecule has 0 aromatic carbocycles. The Morgan fingerprint density at radius 3 is 1.71 bits per heavy atom. The number of carbonyl (C=O) groups excluding carboxylic acids is 1. The summed E-state index contributed by atoms with van der Waals surface area (Å²) in [5.41, 5.74) is 5.23. The molecule has 2 amide bonds. The molecule has 1 saturated heterocycles. The molecular weight excluding hydrogens is 171 g/mol. The van der Waals surface area contributed by atoms with Crippen LogP contribution in [0.1, 0.15) is 47.0 Å². The van der Waals surface area contributed by atoms with Gasteiger partial charge in [0.15, 0.2) is 0 Å². The quantitative estimate of drug-likeness (QED) is 0.580. The SMILES string of the molecule is CC1(C)CCCC(C)(C)N1C(N)=O.[LiH]. The zero-order valence-corrected chi connectivity index (χ0v) is 9.05. The van der Waals surface area contributed by atoms with Crippen molar-refractivity contribution in [3.63, 3.8) is 0 Å². The van der Waals surface area contributed by atoms with Gasteiger partial charge in [-0.2, -0.15) is 0 Å². The van der Waals surface area contributed by atoms with Crippen LogP contribution >= 0.6 is 0 Å². The second-order valence-electron chi connectivity index (χ2n) is 5.15. The van der Waals surface area contributed by atoms with Crippen LogP contribution in [0.5, 0.6) is 0 Å². The molecule has 1 aliphatic rings. The summed E-state index contributed by atoms with van der Waals surface area (Å²) in [6.07, 6.45) is 3.25. The molecular formula is C10H21LiN2O. The fraction of sp³-hybridized carbons (Fsp3) is 0.900. The van der Waals surface area contributed by atoms with Gasteiger partial charge in [-0.1, -0.05) is 0 Å². The van der Waals surface area contributed by atoms with Gasteiger partial charge in [0, 0.05) is 11.1 Å². The average molecular weight is 192 g/mol. The van der Waals surface area contributed by atoms with Gasteiger partial charge in [-0.05, 0) is 47.0 Å². The van der Waals surface area contributed by atoms with E-state index in [9.17, 15) is 4.79 Å². The predicted molar refractivity (Wildman–Crippen MR) is 60.6 cm³/mol. The van der Waals surface area contributed by atoms with Crippen molar-refractivity contribution < 1.29 is 4.79 Å². The molecule has 1 aliphatic heterocycles. The van der Waals surface area contributed by atoms with Gasteiger partial charge >= 0.3 is 24.9 Å². The molecule has 2 N–H and O–H groups in total. The van der Waals surface area contributed by atoms with Crippen LogP contribution in [0.2, 0.25) is 0 Å². The minimum absolute atomic E-state index is 0. The number of rotatable bonds is 0. The van der Waals surface area contributed by atoms with Crippen LogP contribution in [0.3, 0.4) is 0 Å². The second-order valence-corrected chi connectivity index (χ2v) is 5.15. The Labute approximate surface area is 98.6 Å². The first-order valence-corrected chi connectivity index (χ1v) is 4.87. The summed E-state index contributed by atoms with van der Waals surface area (Å²) in [5.74, 6) is 0. The molecule has 14 heavy (non-hydrogen) atoms. The van der Waals surface area contributed by atoms with Gasteiger partial charge in [0.25, 0.3) is 0 Å². The first-order valence-electron chi connectivity index (χ1n) is 4.87. The van der Waals surface area contributed by atoms with Crippen molar-refractivity contribution in [1.82, 2.24) is 4.90 Å². The maximum absolute atomic E-state index is 11.3. The molecule has 0 bridgehead atoms. The van der Waals surface area contributed by atoms with Crippen LogP contribution in [0, 0.1) is 0 Å². The van der Waals surface area contributed by atoms with E-state index in [-0.39, 0.29) is 36.0 Å². The number of primary amides is 1. The molecule has 1 heterocycles. The van der Waals surface area contributed by atoms with Crippen molar-refractivity contribution in [3.8, 4) is 0 Å². The van der Waals surface area contributed by atoms with E-state index in [1.165, 1.54) is 6.42 Å². The molecule has 0 unspecified atom stereocenters. The molecule has 1 fully saturated rings. The Morgan fingerprint density at radius 2 is 1.50 bits per heavy atom. The van der Waals surface area contributed by atoms with Crippen molar-refractivity contribution in [2.75, 3.05) is 0 Å². The normalized spacial score (nSPS) is 23.9. The number of amides is 2. The van der Waals surface area contributed by atoms with E-state index in [1.54, 1.807) is 0 Å². The standard InChI is InChI=1S/C10H20N2O.Li.H/c1-9(2)6-5-7-10(3,4)12(9)8(11)13;;/h5-7H2,1-4H3,(H2,11,13);;. The van der Waals surface area contributed by atoms with Crippen molar-refractivity contribution in [1.29, 1.82) is 0 Å². The van der Waals surface area contributed by atoms with E-state index in [1.807, 2.05) is 4.90 Å². The van der Waals surface area contributed by atoms with Crippen molar-refractivity contribution in [2.45, 2.75) is 58.0 Å². The Morgan fingerprint density at radius 1 is 1.14 bits per heavy atom. The summed E-state index contributed by atoms with van der Waals surface area (Å²) in [6.45, 7) is 8.33. The molecule has 0 spiro atoms. The van der Waals surface area contributed by atoms with Gasteiger partial charge < -0.3 is 10.6 Å². The Kier molecular flexibility index (Phi) is 4.12. The zero-order valence-electron chi connectivity index (χ0n) is 9.05. The summed E-state index contributed by atoms with van der Waals surface area (Å²) in [4.78, 5) is 13.2. The van der Waals surface area contributed by atoms with E-state index in [0.717, 1.165) is 12.8 Å². The molecule has 0 saturated carbocycles. The molecule has 0 aliphatic carbocycles. The number of urea groups is 1. The molecule has 0 aromatic heterocycles. The topological polar surface area (TPSA) is 46.3 Å². The van der Waals surface area contributed by atoms with E-state index in [0.29, 0.717) is 0 Å². The van der Waals surface area contributed by atoms with Crippen LogP contribution in [0.15, 0.2) is 0 Å². The van der Waals surface area contributed by atoms with E-state index in [4.69, 9.17) is 5.73 Å². The first kappa shape index (κ1) is 13.9. The average Bonchev–Trinajstić information content (AvgIpc) is 1.79. The molecule has 78 valence electrons. The zero-order chi connectivity index (χ0) is 10.3. The third-order valence-corrected chi connectivity index (χ3v) is 3.01. The van der Waals surface area contributed by atoms with Crippen LogP contribution in [-0.2, 0) is 0 Å². The number of carbonyl (C=O) groups is 1. The van der Waals surface area contributed by atoms with Gasteiger partial charge in [-0.25, -0.2) is 4.79 Å². The van der Waals surface area contributed by atoms with E-state index < -0.39 is 0 Å². The molecule has 0 radical (unpaired) electrons. The third kappa shape index (κ3) is 2.46. The van der Waals surface area contributed by atoms with Crippen molar-refractivity contribution in [2.24, 2.45) is 5.73 Å². The Hall–Kier alpha value is -0.133. The van der Waals surface area contributed by atoms with Crippen LogP contribution in [0.25, 0.3) is 0 Å². The van der Waals surface area contributed by atoms with Gasteiger partial charge in [0.2, 0.25) is 0 Å². The van der Waals surface area contributed by atoms with E-state index in [2.05, 4.69) is 27.7 Å². The van der Waals surface area contributed by atoms with Gasteiger partial charge in [0.1, 0.15) is 0 Å². The Balaban J connectivity index is 0.00000169. The monoisotopic (exact) mass is 192 g/mol. The second kappa shape index (κ2) is 4.16. The molecule has 0 aromatic rings. The summed E-state index contributed by atoms with van der Waals surface area (Å²) in [5, 5.41) is 0. The van der Waals surface area contributed by atoms with Gasteiger partial charge in [0.05, 0.1) is 0 Å². The summed E-state index contributed by atoms with van der Waals surface area (Å²) in [6, 6.07) is -0.297. The third-order valence-electron chi connectivity index (χ3n) is 3.01. The Bertz CT molecular complexity index is 210. The van der Waals surface area contributed by atoms with E-state index >= 15 is 0 Å². The molecule has 3 nitrogen and oxygen atoms in total. The summed E-state index contributed by atoms with van der Waals surface area (Å²) in [7, 11) is 0. The summed E-state index contributed by atoms with van der Waals surface area (Å²) < 4.78 is 0. The van der Waals surface area contributed by atoms with Gasteiger partial charge in [-0.3, -0.25) is 0 Å². The number of nitrogens with zero attached hydrogens (tertiary/aromatic N) is 1. The number of hydrogen-bond acceptors (Lipinski definition) is 1. The molecule has 0 atom stereocenters. The molecule has 1 rings (SSSR count). The van der Waals surface area contributed by atoms with Crippen LogP contribution < -0.4 is 5.73 Å². The fourth-order valence-corrected chi connectivity index (χ4v) is 2.59. The van der Waals surface area contributed by atoms with Crippen LogP contribution in [-0.4, -0.2) is 40.9 Å². The fourth-order valence-electron chi connectivity index (χ4n) is 2.59. The number of nitrogens with two attached hydrogens (primary N) is 1. The number of likely N-dealkylation sites (tertiary alicyclic amines) is 1. The van der Waals surface area contributed by atoms with Crippen LogP contribution in [0.4, 0.5) is 4.79 Å². The number of piperidine rings is 1.